The number of tetrazole rings is 1. The normalized spacial score (nSPS) is 12.1. The van der Waals surface area contributed by atoms with Crippen LogP contribution < -0.4 is 20.9 Å². The molecule has 0 aliphatic heterocycles. The molecule has 0 saturated heterocycles. The highest BCUT2D eigenvalue weighted by atomic mass is 35.5. The van der Waals surface area contributed by atoms with Crippen LogP contribution in [-0.4, -0.2) is 51.1 Å². The minimum absolute atomic E-state index is 0.238. The van der Waals surface area contributed by atoms with Crippen molar-refractivity contribution in [2.45, 2.75) is 12.5 Å². The van der Waals surface area contributed by atoms with Gasteiger partial charge in [0.25, 0.3) is 5.56 Å². The maximum absolute atomic E-state index is 13.8. The average Bonchev–Trinajstić information content (AvgIpc) is 3.51. The standard InChI is InChI=1S/C30H28ClN6O4P/c1-41-28-18-36(29(38)17-25(28)24-15-21(31)12-13-26(24)37-19-32-34-35-37)27(14-20-8-5-4-6-9-20)30(39)33-22-10-7-11-23(16-22)42(2,3)40/h4-13,15-19,27H,14H2,1-3H3,(H,33,39). The lowest BCUT2D eigenvalue weighted by Crippen LogP contribution is -2.34. The summed E-state index contributed by atoms with van der Waals surface area (Å²) in [4.78, 5) is 27.6. The van der Waals surface area contributed by atoms with E-state index in [1.54, 1.807) is 55.8 Å². The van der Waals surface area contributed by atoms with E-state index >= 15 is 0 Å². The van der Waals surface area contributed by atoms with Gasteiger partial charge in [-0.15, -0.1) is 5.10 Å². The zero-order valence-corrected chi connectivity index (χ0v) is 24.8. The molecular weight excluding hydrogens is 575 g/mol. The van der Waals surface area contributed by atoms with Crippen LogP contribution in [0.5, 0.6) is 5.75 Å². The van der Waals surface area contributed by atoms with Gasteiger partial charge < -0.3 is 14.6 Å². The quantitative estimate of drug-likeness (QED) is 0.240. The molecule has 0 aliphatic rings. The molecule has 214 valence electrons. The summed E-state index contributed by atoms with van der Waals surface area (Å²) in [6, 6.07) is 22.0. The number of nitrogens with one attached hydrogen (secondary N) is 1. The molecule has 0 radical (unpaired) electrons. The zero-order chi connectivity index (χ0) is 29.9. The van der Waals surface area contributed by atoms with Crippen LogP contribution >= 0.6 is 18.7 Å². The Balaban J connectivity index is 1.59. The average molecular weight is 603 g/mol. The molecule has 0 aliphatic carbocycles. The Bertz CT molecular complexity index is 1840. The van der Waals surface area contributed by atoms with Crippen molar-refractivity contribution >= 4 is 35.6 Å². The Labute approximate surface area is 247 Å². The summed E-state index contributed by atoms with van der Waals surface area (Å²) in [5, 5.41) is 15.4. The number of pyridine rings is 1. The Morgan fingerprint density at radius 1 is 1.02 bits per heavy atom. The van der Waals surface area contributed by atoms with Crippen LogP contribution in [0.25, 0.3) is 16.8 Å². The van der Waals surface area contributed by atoms with Crippen LogP contribution in [0.1, 0.15) is 11.6 Å². The third kappa shape index (κ3) is 6.35. The number of benzene rings is 3. The second-order valence-electron chi connectivity index (χ2n) is 10.0. The minimum atomic E-state index is -2.55. The number of rotatable bonds is 9. The molecule has 5 aromatic rings. The Morgan fingerprint density at radius 3 is 2.50 bits per heavy atom. The molecule has 10 nitrogen and oxygen atoms in total. The van der Waals surface area contributed by atoms with E-state index in [1.165, 1.54) is 34.9 Å². The largest absolute Gasteiger partial charge is 0.495 e. The lowest BCUT2D eigenvalue weighted by atomic mass is 10.0. The van der Waals surface area contributed by atoms with E-state index in [0.29, 0.717) is 38.6 Å². The van der Waals surface area contributed by atoms with E-state index in [1.807, 2.05) is 30.3 Å². The molecule has 1 atom stereocenters. The fourth-order valence-electron chi connectivity index (χ4n) is 4.64. The molecule has 0 bridgehead atoms. The van der Waals surface area contributed by atoms with Gasteiger partial charge >= 0.3 is 0 Å². The van der Waals surface area contributed by atoms with E-state index in [2.05, 4.69) is 20.8 Å². The van der Waals surface area contributed by atoms with Crippen molar-refractivity contribution in [1.29, 1.82) is 0 Å². The first kappa shape index (κ1) is 29.0. The topological polar surface area (TPSA) is 121 Å². The highest BCUT2D eigenvalue weighted by Gasteiger charge is 2.25. The summed E-state index contributed by atoms with van der Waals surface area (Å²) in [5.41, 5.74) is 2.54. The molecule has 0 saturated carbocycles. The Hall–Kier alpha value is -4.53. The van der Waals surface area contributed by atoms with E-state index in [-0.39, 0.29) is 6.42 Å². The molecule has 12 heteroatoms. The zero-order valence-electron chi connectivity index (χ0n) is 23.1. The van der Waals surface area contributed by atoms with Gasteiger partial charge in [0, 0.05) is 39.6 Å². The second-order valence-corrected chi connectivity index (χ2v) is 13.7. The molecule has 42 heavy (non-hydrogen) atoms. The van der Waals surface area contributed by atoms with Crippen molar-refractivity contribution in [2.24, 2.45) is 0 Å². The van der Waals surface area contributed by atoms with Gasteiger partial charge in [0.1, 0.15) is 25.3 Å². The number of carbonyl (C=O) groups excluding carboxylic acids is 1. The van der Waals surface area contributed by atoms with Crippen molar-refractivity contribution in [3.63, 3.8) is 0 Å². The van der Waals surface area contributed by atoms with E-state index in [0.717, 1.165) is 5.56 Å². The van der Waals surface area contributed by atoms with Crippen LogP contribution in [0.15, 0.2) is 96.2 Å². The predicted octanol–water partition coefficient (Wildman–Crippen LogP) is 4.82. The second kappa shape index (κ2) is 12.1. The SMILES string of the molecule is COc1cn(C(Cc2ccccc2)C(=O)Nc2cccc(P(C)(C)=O)c2)c(=O)cc1-c1cc(Cl)ccc1-n1cnnn1. The number of nitrogens with zero attached hydrogens (tertiary/aromatic N) is 5. The molecule has 3 aromatic carbocycles. The third-order valence-electron chi connectivity index (χ3n) is 6.75. The van der Waals surface area contributed by atoms with Gasteiger partial charge in [-0.25, -0.2) is 0 Å². The van der Waals surface area contributed by atoms with Gasteiger partial charge in [0.15, 0.2) is 0 Å². The lowest BCUT2D eigenvalue weighted by Gasteiger charge is -2.22. The van der Waals surface area contributed by atoms with Crippen LogP contribution in [0, 0.1) is 0 Å². The number of carbonyl (C=O) groups is 1. The number of aromatic nitrogens is 5. The molecule has 2 aromatic heterocycles. The Kier molecular flexibility index (Phi) is 8.38. The van der Waals surface area contributed by atoms with Crippen LogP contribution in [0.2, 0.25) is 5.02 Å². The van der Waals surface area contributed by atoms with Crippen LogP contribution in [0.3, 0.4) is 0 Å². The number of anilines is 1. The number of methoxy groups -OCH3 is 1. The van der Waals surface area contributed by atoms with Gasteiger partial charge in [0.05, 0.1) is 19.0 Å². The fraction of sp³-hybridized carbons (Fsp3) is 0.167. The molecule has 2 heterocycles. The predicted molar refractivity (Wildman–Crippen MR) is 164 cm³/mol. The summed E-state index contributed by atoms with van der Waals surface area (Å²) < 4.78 is 21.2. The summed E-state index contributed by atoms with van der Waals surface area (Å²) in [6.45, 7) is 3.34. The number of ether oxygens (including phenoxy) is 1. The smallest absolute Gasteiger partial charge is 0.252 e. The summed E-state index contributed by atoms with van der Waals surface area (Å²) in [6.07, 6.45) is 3.20. The van der Waals surface area contributed by atoms with Crippen LogP contribution in [0.4, 0.5) is 5.69 Å². The first-order valence-electron chi connectivity index (χ1n) is 13.0. The van der Waals surface area contributed by atoms with Crippen molar-refractivity contribution in [3.05, 3.63) is 112 Å². The number of hydrogen-bond acceptors (Lipinski definition) is 7. The fourth-order valence-corrected chi connectivity index (χ4v) is 5.71. The first-order chi connectivity index (χ1) is 20.1. The number of amides is 1. The molecular formula is C30H28ClN6O4P. The van der Waals surface area contributed by atoms with Crippen molar-refractivity contribution in [1.82, 2.24) is 24.8 Å². The van der Waals surface area contributed by atoms with E-state index in [4.69, 9.17) is 16.3 Å². The van der Waals surface area contributed by atoms with Gasteiger partial charge in [-0.2, -0.15) is 4.68 Å². The molecule has 0 fully saturated rings. The van der Waals surface area contributed by atoms with Gasteiger partial charge in [-0.3, -0.25) is 14.2 Å². The van der Waals surface area contributed by atoms with Crippen molar-refractivity contribution in [3.8, 4) is 22.6 Å². The number of hydrogen-bond donors (Lipinski definition) is 1. The van der Waals surface area contributed by atoms with Crippen LogP contribution in [-0.2, 0) is 15.8 Å². The lowest BCUT2D eigenvalue weighted by molar-refractivity contribution is -0.119. The molecule has 1 N–H and O–H groups in total. The molecule has 1 unspecified atom stereocenters. The minimum Gasteiger partial charge on any atom is -0.495 e. The van der Waals surface area contributed by atoms with Crippen molar-refractivity contribution in [2.75, 3.05) is 25.8 Å². The van der Waals surface area contributed by atoms with Gasteiger partial charge in [-0.05, 0) is 59.7 Å². The van der Waals surface area contributed by atoms with Crippen molar-refractivity contribution < 1.29 is 14.1 Å². The highest BCUT2D eigenvalue weighted by molar-refractivity contribution is 7.70. The van der Waals surface area contributed by atoms with E-state index < -0.39 is 24.7 Å². The molecule has 5 rings (SSSR count). The maximum atomic E-state index is 13.8. The molecule has 0 spiro atoms. The third-order valence-corrected chi connectivity index (χ3v) is 8.51. The monoisotopic (exact) mass is 602 g/mol. The summed E-state index contributed by atoms with van der Waals surface area (Å²) >= 11 is 6.34. The number of halogens is 1. The first-order valence-corrected chi connectivity index (χ1v) is 16.0. The van der Waals surface area contributed by atoms with Gasteiger partial charge in [-0.1, -0.05) is 54.1 Å². The van der Waals surface area contributed by atoms with E-state index in [9.17, 15) is 14.2 Å². The summed E-state index contributed by atoms with van der Waals surface area (Å²) in [5.74, 6) is -0.0657. The van der Waals surface area contributed by atoms with Gasteiger partial charge in [0.2, 0.25) is 5.91 Å². The Morgan fingerprint density at radius 2 is 1.81 bits per heavy atom. The molecule has 1 amide bonds. The highest BCUT2D eigenvalue weighted by Crippen LogP contribution is 2.36. The maximum Gasteiger partial charge on any atom is 0.252 e. The summed E-state index contributed by atoms with van der Waals surface area (Å²) in [7, 11) is -1.06.